The molecule has 0 saturated heterocycles. The molecule has 0 atom stereocenters. The molecule has 0 spiro atoms. The van der Waals surface area contributed by atoms with Gasteiger partial charge in [-0.2, -0.15) is 0 Å². The molecule has 0 aromatic heterocycles. The molecule has 0 fully saturated rings. The SMILES string of the molecule is Cl.O=C(O)C(Cl)(Cl)C(Cl)=C(Cl)Cl. The van der Waals surface area contributed by atoms with E-state index in [-0.39, 0.29) is 12.4 Å². The zero-order valence-corrected chi connectivity index (χ0v) is 9.75. The van der Waals surface area contributed by atoms with Crippen LogP contribution in [0.25, 0.3) is 0 Å². The highest BCUT2D eigenvalue weighted by Crippen LogP contribution is 2.37. The van der Waals surface area contributed by atoms with Crippen molar-refractivity contribution in [2.75, 3.05) is 0 Å². The summed E-state index contributed by atoms with van der Waals surface area (Å²) in [5, 5.41) is 7.83. The van der Waals surface area contributed by atoms with E-state index in [9.17, 15) is 4.79 Å². The van der Waals surface area contributed by atoms with Crippen LogP contribution in [0.3, 0.4) is 0 Å². The third kappa shape index (κ3) is 3.77. The van der Waals surface area contributed by atoms with Crippen LogP contribution in [0, 0.1) is 0 Å². The Labute approximate surface area is 99.8 Å². The van der Waals surface area contributed by atoms with Gasteiger partial charge in [-0.1, -0.05) is 58.0 Å². The minimum absolute atomic E-state index is 0. The van der Waals surface area contributed by atoms with E-state index in [1.54, 1.807) is 0 Å². The Hall–Kier alpha value is 0.950. The van der Waals surface area contributed by atoms with Crippen LogP contribution in [0.5, 0.6) is 0 Å². The maximum atomic E-state index is 10.3. The topological polar surface area (TPSA) is 37.3 Å². The third-order valence-electron chi connectivity index (χ3n) is 0.710. The first-order valence-corrected chi connectivity index (χ1v) is 4.01. The quantitative estimate of drug-likeness (QED) is 0.791. The number of halogens is 6. The highest BCUT2D eigenvalue weighted by molar-refractivity contribution is 6.68. The normalized spacial score (nSPS) is 10.1. The molecule has 0 unspecified atom stereocenters. The summed E-state index contributed by atoms with van der Waals surface area (Å²) in [5.74, 6) is -1.54. The van der Waals surface area contributed by atoms with Gasteiger partial charge in [0.25, 0.3) is 4.33 Å². The molecule has 0 aromatic rings. The highest BCUT2D eigenvalue weighted by Gasteiger charge is 2.39. The van der Waals surface area contributed by atoms with E-state index in [0.29, 0.717) is 0 Å². The number of carbonyl (C=O) groups is 1. The van der Waals surface area contributed by atoms with Gasteiger partial charge in [0.05, 0.1) is 5.03 Å². The Morgan fingerprint density at radius 3 is 1.58 bits per heavy atom. The Bertz CT molecular complexity index is 206. The molecule has 0 rings (SSSR count). The molecule has 0 aliphatic carbocycles. The first kappa shape index (κ1) is 15.4. The molecule has 0 saturated carbocycles. The lowest BCUT2D eigenvalue weighted by molar-refractivity contribution is -0.136. The van der Waals surface area contributed by atoms with Gasteiger partial charge >= 0.3 is 5.97 Å². The molecule has 2 nitrogen and oxygen atoms in total. The molecule has 0 radical (unpaired) electrons. The van der Waals surface area contributed by atoms with Crippen LogP contribution >= 0.6 is 70.4 Å². The average Bonchev–Trinajstić information content (AvgIpc) is 1.85. The summed E-state index contributed by atoms with van der Waals surface area (Å²) in [4.78, 5) is 10.3. The number of hydrogen-bond donors (Lipinski definition) is 1. The van der Waals surface area contributed by atoms with Crippen LogP contribution < -0.4 is 0 Å². The molecule has 8 heteroatoms. The zero-order chi connectivity index (χ0) is 9.23. The molecule has 0 bridgehead atoms. The Kier molecular flexibility index (Phi) is 7.24. The van der Waals surface area contributed by atoms with Crippen LogP contribution in [-0.4, -0.2) is 15.4 Å². The molecule has 0 aliphatic heterocycles. The maximum Gasteiger partial charge on any atom is 0.345 e. The number of carboxylic acids is 1. The lowest BCUT2D eigenvalue weighted by Crippen LogP contribution is -2.26. The molecular formula is C4H2Cl6O2. The summed E-state index contributed by atoms with van der Waals surface area (Å²) in [6.45, 7) is 0. The van der Waals surface area contributed by atoms with Crippen LogP contribution in [-0.2, 0) is 4.79 Å². The highest BCUT2D eigenvalue weighted by atomic mass is 35.5. The molecule has 1 N–H and O–H groups in total. The molecule has 0 aromatic carbocycles. The van der Waals surface area contributed by atoms with Gasteiger partial charge in [0.1, 0.15) is 4.49 Å². The van der Waals surface area contributed by atoms with Gasteiger partial charge in [-0.05, 0) is 0 Å². The van der Waals surface area contributed by atoms with E-state index in [1.165, 1.54) is 0 Å². The standard InChI is InChI=1S/C4HCl5O2.ClH/c5-1(2(6)7)4(8,9)3(10)11;/h(H,10,11);1H. The fourth-order valence-electron chi connectivity index (χ4n) is 0.213. The van der Waals surface area contributed by atoms with Gasteiger partial charge < -0.3 is 5.11 Å². The van der Waals surface area contributed by atoms with Gasteiger partial charge in [0, 0.05) is 0 Å². The second-order valence-corrected chi connectivity index (χ2v) is 4.11. The van der Waals surface area contributed by atoms with Crippen molar-refractivity contribution in [1.29, 1.82) is 0 Å². The van der Waals surface area contributed by atoms with Crippen molar-refractivity contribution in [2.45, 2.75) is 4.33 Å². The average molecular weight is 295 g/mol. The van der Waals surface area contributed by atoms with Crippen molar-refractivity contribution in [1.82, 2.24) is 0 Å². The summed E-state index contributed by atoms with van der Waals surface area (Å²) >= 11 is 26.0. The van der Waals surface area contributed by atoms with Crippen LogP contribution in [0.2, 0.25) is 0 Å². The van der Waals surface area contributed by atoms with E-state index in [2.05, 4.69) is 0 Å². The molecule has 72 valence electrons. The van der Waals surface area contributed by atoms with E-state index in [4.69, 9.17) is 63.1 Å². The van der Waals surface area contributed by atoms with Crippen molar-refractivity contribution in [3.63, 3.8) is 0 Å². The fraction of sp³-hybridized carbons (Fsp3) is 0.250. The number of aliphatic carboxylic acids is 1. The van der Waals surface area contributed by atoms with Crippen molar-refractivity contribution in [3.8, 4) is 0 Å². The summed E-state index contributed by atoms with van der Waals surface area (Å²) in [7, 11) is 0. The fourth-order valence-corrected chi connectivity index (χ4v) is 0.959. The van der Waals surface area contributed by atoms with Crippen molar-refractivity contribution in [3.05, 3.63) is 9.52 Å². The van der Waals surface area contributed by atoms with E-state index in [1.807, 2.05) is 0 Å². The van der Waals surface area contributed by atoms with E-state index in [0.717, 1.165) is 0 Å². The summed E-state index contributed by atoms with van der Waals surface area (Å²) in [6.07, 6.45) is 0. The minimum atomic E-state index is -2.28. The van der Waals surface area contributed by atoms with Gasteiger partial charge in [-0.15, -0.1) is 12.4 Å². The molecule has 0 amide bonds. The van der Waals surface area contributed by atoms with Crippen molar-refractivity contribution in [2.24, 2.45) is 0 Å². The largest absolute Gasteiger partial charge is 0.479 e. The molecule has 12 heavy (non-hydrogen) atoms. The Balaban J connectivity index is 0. The zero-order valence-electron chi connectivity index (χ0n) is 5.15. The number of rotatable bonds is 2. The van der Waals surface area contributed by atoms with Gasteiger partial charge in [0.15, 0.2) is 0 Å². The molecular weight excluding hydrogens is 293 g/mol. The van der Waals surface area contributed by atoms with E-state index >= 15 is 0 Å². The second kappa shape index (κ2) is 5.63. The predicted octanol–water partition coefficient (Wildman–Crippen LogP) is 3.55. The maximum absolute atomic E-state index is 10.3. The first-order chi connectivity index (χ1) is 4.80. The Morgan fingerprint density at radius 1 is 1.17 bits per heavy atom. The third-order valence-corrected chi connectivity index (χ3v) is 2.65. The second-order valence-electron chi connectivity index (χ2n) is 1.45. The first-order valence-electron chi connectivity index (χ1n) is 2.12. The number of hydrogen-bond acceptors (Lipinski definition) is 1. The number of alkyl halides is 2. The van der Waals surface area contributed by atoms with E-state index < -0.39 is 19.8 Å². The monoisotopic (exact) mass is 292 g/mol. The van der Waals surface area contributed by atoms with Crippen LogP contribution in [0.15, 0.2) is 9.52 Å². The van der Waals surface area contributed by atoms with Crippen molar-refractivity contribution < 1.29 is 9.90 Å². The molecule has 0 heterocycles. The predicted molar refractivity (Wildman–Crippen MR) is 53.9 cm³/mol. The van der Waals surface area contributed by atoms with Gasteiger partial charge in [0.2, 0.25) is 0 Å². The minimum Gasteiger partial charge on any atom is -0.479 e. The lowest BCUT2D eigenvalue weighted by Gasteiger charge is -2.12. The van der Waals surface area contributed by atoms with Gasteiger partial charge in [-0.3, -0.25) is 0 Å². The molecule has 0 aliphatic rings. The lowest BCUT2D eigenvalue weighted by atomic mass is 10.4. The smallest absolute Gasteiger partial charge is 0.345 e. The Morgan fingerprint density at radius 2 is 1.50 bits per heavy atom. The van der Waals surface area contributed by atoms with Crippen molar-refractivity contribution >= 4 is 76.4 Å². The summed E-state index contributed by atoms with van der Waals surface area (Å²) in [5.41, 5.74) is 0. The van der Waals surface area contributed by atoms with Gasteiger partial charge in [-0.25, -0.2) is 4.79 Å². The number of carboxylic acid groups (broad SMARTS) is 1. The summed E-state index contributed by atoms with van der Waals surface area (Å²) in [6, 6.07) is 0. The van der Waals surface area contributed by atoms with Crippen LogP contribution in [0.4, 0.5) is 0 Å². The summed E-state index contributed by atoms with van der Waals surface area (Å²) < 4.78 is -2.75. The van der Waals surface area contributed by atoms with Crippen LogP contribution in [0.1, 0.15) is 0 Å².